The number of hydrogen-bond donors (Lipinski definition) is 1. The maximum Gasteiger partial charge on any atom is 0.341 e. The number of carbonyl (C=O) groups is 1. The van der Waals surface area contributed by atoms with Gasteiger partial charge in [-0.1, -0.05) is 24.3 Å². The van der Waals surface area contributed by atoms with Crippen LogP contribution in [0.3, 0.4) is 0 Å². The number of fused-ring (bicyclic) bond motifs is 1. The second-order valence-electron chi connectivity index (χ2n) is 5.27. The molecule has 1 aromatic heterocycles. The van der Waals surface area contributed by atoms with Crippen LogP contribution in [0.4, 0.5) is 4.39 Å². The van der Waals surface area contributed by atoms with Crippen LogP contribution < -0.4 is 5.56 Å². The van der Waals surface area contributed by atoms with E-state index in [4.69, 9.17) is 4.74 Å². The van der Waals surface area contributed by atoms with E-state index in [1.54, 1.807) is 12.1 Å². The summed E-state index contributed by atoms with van der Waals surface area (Å²) >= 11 is 0. The summed E-state index contributed by atoms with van der Waals surface area (Å²) in [6.07, 6.45) is 0. The van der Waals surface area contributed by atoms with Gasteiger partial charge >= 0.3 is 5.97 Å². The first-order valence-corrected chi connectivity index (χ1v) is 7.09. The number of aromatic amines is 1. The second-order valence-corrected chi connectivity index (χ2v) is 5.27. The van der Waals surface area contributed by atoms with E-state index < -0.39 is 11.8 Å². The first-order chi connectivity index (χ1) is 11.0. The Bertz CT molecular complexity index is 946. The van der Waals surface area contributed by atoms with Crippen LogP contribution in [0.25, 0.3) is 10.9 Å². The number of carbonyl (C=O) groups excluding carboxylic acids is 1. The van der Waals surface area contributed by atoms with E-state index in [2.05, 4.69) is 4.98 Å². The van der Waals surface area contributed by atoms with E-state index in [9.17, 15) is 14.0 Å². The normalized spacial score (nSPS) is 10.7. The molecule has 0 spiro atoms. The van der Waals surface area contributed by atoms with E-state index in [1.807, 2.05) is 25.1 Å². The van der Waals surface area contributed by atoms with Crippen LogP contribution in [-0.2, 0) is 11.3 Å². The van der Waals surface area contributed by atoms with Crippen molar-refractivity contribution >= 4 is 16.9 Å². The molecule has 116 valence electrons. The molecule has 0 atom stereocenters. The van der Waals surface area contributed by atoms with E-state index in [-0.39, 0.29) is 17.7 Å². The van der Waals surface area contributed by atoms with E-state index in [1.165, 1.54) is 18.2 Å². The predicted octanol–water partition coefficient (Wildman–Crippen LogP) is 3.33. The van der Waals surface area contributed by atoms with Crippen molar-refractivity contribution < 1.29 is 13.9 Å². The minimum atomic E-state index is -0.800. The van der Waals surface area contributed by atoms with E-state index in [0.29, 0.717) is 5.56 Å². The maximum atomic E-state index is 13.5. The van der Waals surface area contributed by atoms with Crippen LogP contribution >= 0.6 is 0 Å². The molecule has 0 unspecified atom stereocenters. The number of hydrogen-bond acceptors (Lipinski definition) is 3. The Hall–Kier alpha value is -2.95. The summed E-state index contributed by atoms with van der Waals surface area (Å²) in [6, 6.07) is 12.9. The number of halogens is 1. The van der Waals surface area contributed by atoms with Gasteiger partial charge in [-0.05, 0) is 42.1 Å². The Morgan fingerprint density at radius 2 is 1.96 bits per heavy atom. The zero-order valence-electron chi connectivity index (χ0n) is 12.4. The lowest BCUT2D eigenvalue weighted by Gasteiger charge is -2.07. The molecule has 1 heterocycles. The van der Waals surface area contributed by atoms with Gasteiger partial charge in [0.15, 0.2) is 0 Å². The standard InChI is InChI=1S/C18H14FNO3/c1-11-6-7-12-9-13(17(21)20-16(12)8-11)10-23-18(22)14-4-2-3-5-15(14)19/h2-9H,10H2,1H3,(H,20,21). The smallest absolute Gasteiger partial charge is 0.341 e. The fourth-order valence-electron chi connectivity index (χ4n) is 2.32. The van der Waals surface area contributed by atoms with Crippen molar-refractivity contribution in [2.45, 2.75) is 13.5 Å². The third-order valence-corrected chi connectivity index (χ3v) is 3.53. The molecule has 2 aromatic carbocycles. The molecule has 23 heavy (non-hydrogen) atoms. The number of esters is 1. The topological polar surface area (TPSA) is 59.2 Å². The summed E-state index contributed by atoms with van der Waals surface area (Å²) < 4.78 is 18.6. The lowest BCUT2D eigenvalue weighted by Crippen LogP contribution is -2.16. The Morgan fingerprint density at radius 3 is 2.74 bits per heavy atom. The first-order valence-electron chi connectivity index (χ1n) is 7.09. The molecule has 5 heteroatoms. The van der Waals surface area contributed by atoms with Gasteiger partial charge in [-0.2, -0.15) is 0 Å². The summed E-state index contributed by atoms with van der Waals surface area (Å²) in [5.41, 5.74) is 1.59. The fraction of sp³-hybridized carbons (Fsp3) is 0.111. The van der Waals surface area contributed by atoms with Crippen molar-refractivity contribution in [2.24, 2.45) is 0 Å². The maximum absolute atomic E-state index is 13.5. The highest BCUT2D eigenvalue weighted by molar-refractivity contribution is 5.89. The third kappa shape index (κ3) is 3.13. The number of ether oxygens (including phenoxy) is 1. The minimum absolute atomic E-state index is 0.152. The number of rotatable bonds is 3. The Kier molecular flexibility index (Phi) is 3.93. The molecule has 0 saturated heterocycles. The van der Waals surface area contributed by atoms with Crippen molar-refractivity contribution in [3.63, 3.8) is 0 Å². The van der Waals surface area contributed by atoms with Gasteiger partial charge in [-0.25, -0.2) is 9.18 Å². The summed E-state index contributed by atoms with van der Waals surface area (Å²) in [5, 5.41) is 0.840. The van der Waals surface area contributed by atoms with Crippen molar-refractivity contribution in [2.75, 3.05) is 0 Å². The highest BCUT2D eigenvalue weighted by atomic mass is 19.1. The average Bonchev–Trinajstić information content (AvgIpc) is 2.53. The van der Waals surface area contributed by atoms with Crippen LogP contribution in [0.5, 0.6) is 0 Å². The molecule has 0 aliphatic carbocycles. The summed E-state index contributed by atoms with van der Waals surface area (Å²) in [4.78, 5) is 26.7. The molecule has 3 aromatic rings. The van der Waals surface area contributed by atoms with Gasteiger partial charge in [0.25, 0.3) is 5.56 Å². The minimum Gasteiger partial charge on any atom is -0.457 e. The van der Waals surface area contributed by atoms with E-state index >= 15 is 0 Å². The van der Waals surface area contributed by atoms with Crippen molar-refractivity contribution in [1.82, 2.24) is 4.98 Å². The molecular formula is C18H14FNO3. The van der Waals surface area contributed by atoms with Crippen LogP contribution in [-0.4, -0.2) is 11.0 Å². The molecule has 3 rings (SSSR count). The highest BCUT2D eigenvalue weighted by Crippen LogP contribution is 2.14. The van der Waals surface area contributed by atoms with Crippen LogP contribution in [0.15, 0.2) is 53.3 Å². The largest absolute Gasteiger partial charge is 0.457 e. The van der Waals surface area contributed by atoms with Crippen LogP contribution in [0.1, 0.15) is 21.5 Å². The highest BCUT2D eigenvalue weighted by Gasteiger charge is 2.13. The summed E-state index contributed by atoms with van der Waals surface area (Å²) in [7, 11) is 0. The molecule has 0 amide bonds. The van der Waals surface area contributed by atoms with Gasteiger partial charge in [0.05, 0.1) is 11.1 Å². The van der Waals surface area contributed by atoms with Gasteiger partial charge in [-0.15, -0.1) is 0 Å². The van der Waals surface area contributed by atoms with Gasteiger partial charge in [-0.3, -0.25) is 4.79 Å². The van der Waals surface area contributed by atoms with Crippen LogP contribution in [0.2, 0.25) is 0 Å². The number of nitrogens with one attached hydrogen (secondary N) is 1. The summed E-state index contributed by atoms with van der Waals surface area (Å²) in [6.45, 7) is 1.72. The average molecular weight is 311 g/mol. The third-order valence-electron chi connectivity index (χ3n) is 3.53. The molecule has 4 nitrogen and oxygen atoms in total. The lowest BCUT2D eigenvalue weighted by molar-refractivity contribution is 0.0466. The first kappa shape index (κ1) is 15.0. The van der Waals surface area contributed by atoms with Gasteiger partial charge in [0.1, 0.15) is 12.4 Å². The molecule has 0 radical (unpaired) electrons. The summed E-state index contributed by atoms with van der Waals surface area (Å²) in [5.74, 6) is -1.45. The molecule has 0 saturated carbocycles. The molecule has 0 fully saturated rings. The predicted molar refractivity (Wildman–Crippen MR) is 84.8 cm³/mol. The Morgan fingerprint density at radius 1 is 1.17 bits per heavy atom. The molecule has 1 N–H and O–H groups in total. The monoisotopic (exact) mass is 311 g/mol. The molecule has 0 aliphatic heterocycles. The van der Waals surface area contributed by atoms with Crippen LogP contribution in [0, 0.1) is 12.7 Å². The Labute approximate surface area is 131 Å². The van der Waals surface area contributed by atoms with Gasteiger partial charge < -0.3 is 9.72 Å². The molecular weight excluding hydrogens is 297 g/mol. The lowest BCUT2D eigenvalue weighted by atomic mass is 10.1. The number of aromatic nitrogens is 1. The second kappa shape index (κ2) is 6.04. The SMILES string of the molecule is Cc1ccc2cc(COC(=O)c3ccccc3F)c(=O)[nH]c2c1. The fourth-order valence-corrected chi connectivity index (χ4v) is 2.32. The molecule has 0 bridgehead atoms. The number of benzene rings is 2. The molecule has 0 aliphatic rings. The zero-order valence-corrected chi connectivity index (χ0v) is 12.4. The zero-order chi connectivity index (χ0) is 16.4. The number of H-pyrrole nitrogens is 1. The van der Waals surface area contributed by atoms with Crippen molar-refractivity contribution in [3.8, 4) is 0 Å². The van der Waals surface area contributed by atoms with Gasteiger partial charge in [0.2, 0.25) is 0 Å². The number of aryl methyl sites for hydroxylation is 1. The van der Waals surface area contributed by atoms with Crippen molar-refractivity contribution in [1.29, 1.82) is 0 Å². The Balaban J connectivity index is 1.83. The van der Waals surface area contributed by atoms with Gasteiger partial charge in [0, 0.05) is 5.52 Å². The number of pyridine rings is 1. The quantitative estimate of drug-likeness (QED) is 0.755. The van der Waals surface area contributed by atoms with Crippen molar-refractivity contribution in [3.05, 3.63) is 81.4 Å². The van der Waals surface area contributed by atoms with E-state index in [0.717, 1.165) is 16.5 Å².